The number of aromatic amines is 1. The predicted molar refractivity (Wildman–Crippen MR) is 74.7 cm³/mol. The monoisotopic (exact) mass is 321 g/mol. The largest absolute Gasteiger partial charge is 0.399 e. The molecule has 0 bridgehead atoms. The van der Waals surface area contributed by atoms with Crippen LogP contribution in [0.2, 0.25) is 10.0 Å². The molecule has 1 aliphatic carbocycles. The highest BCUT2D eigenvalue weighted by molar-refractivity contribution is 6.42. The molecular formula is C14H12Cl2F3N. The molecule has 0 saturated heterocycles. The van der Waals surface area contributed by atoms with Crippen LogP contribution in [-0.2, 0) is 11.8 Å². The normalized spacial score (nSPS) is 23.1. The molecule has 1 heterocycles. The Morgan fingerprint density at radius 3 is 2.50 bits per heavy atom. The van der Waals surface area contributed by atoms with Crippen LogP contribution in [0.25, 0.3) is 10.9 Å². The number of hydrogen-bond acceptors (Lipinski definition) is 0. The number of aryl methyl sites for hydroxylation is 1. The second kappa shape index (κ2) is 4.31. The lowest BCUT2D eigenvalue weighted by atomic mass is 9.74. The first-order chi connectivity index (χ1) is 9.24. The third-order valence-corrected chi connectivity index (χ3v) is 4.95. The minimum atomic E-state index is -4.28. The molecule has 1 aromatic heterocycles. The smallest absolute Gasteiger partial charge is 0.357 e. The van der Waals surface area contributed by atoms with Crippen molar-refractivity contribution in [3.05, 3.63) is 33.4 Å². The third-order valence-electron chi connectivity index (χ3n) is 4.23. The number of halogens is 5. The van der Waals surface area contributed by atoms with Gasteiger partial charge in [-0.3, -0.25) is 0 Å². The summed E-state index contributed by atoms with van der Waals surface area (Å²) in [4.78, 5) is 2.92. The van der Waals surface area contributed by atoms with Gasteiger partial charge in [0.15, 0.2) is 0 Å². The lowest BCUT2D eigenvalue weighted by Gasteiger charge is -2.35. The first kappa shape index (κ1) is 14.1. The molecule has 2 aromatic rings. The van der Waals surface area contributed by atoms with Gasteiger partial charge in [0.25, 0.3) is 0 Å². The maximum Gasteiger partial charge on any atom is 0.399 e. The van der Waals surface area contributed by atoms with Crippen molar-refractivity contribution in [2.45, 2.75) is 37.8 Å². The lowest BCUT2D eigenvalue weighted by molar-refractivity contribution is -0.190. The fourth-order valence-corrected chi connectivity index (χ4v) is 3.33. The average Bonchev–Trinajstić information content (AvgIpc) is 2.68. The van der Waals surface area contributed by atoms with Gasteiger partial charge in [-0.15, -0.1) is 0 Å². The fourth-order valence-electron chi connectivity index (χ4n) is 3.00. The van der Waals surface area contributed by atoms with E-state index >= 15 is 0 Å². The van der Waals surface area contributed by atoms with Gasteiger partial charge in [-0.1, -0.05) is 23.2 Å². The second-order valence-electron chi connectivity index (χ2n) is 5.47. The third kappa shape index (κ3) is 1.85. The van der Waals surface area contributed by atoms with Crippen LogP contribution in [0.15, 0.2) is 12.1 Å². The van der Waals surface area contributed by atoms with Crippen LogP contribution in [0.4, 0.5) is 13.2 Å². The van der Waals surface area contributed by atoms with E-state index in [9.17, 15) is 13.2 Å². The first-order valence-corrected chi connectivity index (χ1v) is 7.06. The molecule has 1 aromatic carbocycles. The molecule has 0 amide bonds. The van der Waals surface area contributed by atoms with Crippen LogP contribution < -0.4 is 0 Å². The Labute approximate surface area is 124 Å². The van der Waals surface area contributed by atoms with Gasteiger partial charge in [-0.05, 0) is 43.9 Å². The van der Waals surface area contributed by atoms with Gasteiger partial charge in [0.1, 0.15) is 5.41 Å². The molecule has 1 N–H and O–H groups in total. The predicted octanol–water partition coefficient (Wildman–Crippen LogP) is 5.63. The van der Waals surface area contributed by atoms with E-state index in [0.717, 1.165) is 5.39 Å². The van der Waals surface area contributed by atoms with Gasteiger partial charge < -0.3 is 4.98 Å². The van der Waals surface area contributed by atoms with E-state index in [1.165, 1.54) is 6.92 Å². The molecule has 108 valence electrons. The first-order valence-electron chi connectivity index (χ1n) is 6.31. The Balaban J connectivity index is 2.31. The summed E-state index contributed by atoms with van der Waals surface area (Å²) in [7, 11) is 0. The van der Waals surface area contributed by atoms with Crippen molar-refractivity contribution in [1.82, 2.24) is 4.98 Å². The van der Waals surface area contributed by atoms with Crippen LogP contribution in [0.5, 0.6) is 0 Å². The Morgan fingerprint density at radius 2 is 1.85 bits per heavy atom. The highest BCUT2D eigenvalue weighted by Crippen LogP contribution is 2.50. The molecule has 1 aliphatic rings. The van der Waals surface area contributed by atoms with Crippen molar-refractivity contribution >= 4 is 34.1 Å². The lowest BCUT2D eigenvalue weighted by Crippen LogP contribution is -2.42. The van der Waals surface area contributed by atoms with Gasteiger partial charge in [0.05, 0.1) is 10.0 Å². The highest BCUT2D eigenvalue weighted by atomic mass is 35.5. The van der Waals surface area contributed by atoms with Crippen molar-refractivity contribution in [1.29, 1.82) is 0 Å². The Kier molecular flexibility index (Phi) is 3.04. The van der Waals surface area contributed by atoms with E-state index in [0.29, 0.717) is 34.0 Å². The number of aromatic nitrogens is 1. The maximum absolute atomic E-state index is 13.4. The topological polar surface area (TPSA) is 15.8 Å². The average molecular weight is 322 g/mol. The summed E-state index contributed by atoms with van der Waals surface area (Å²) in [6.45, 7) is 1.25. The van der Waals surface area contributed by atoms with Crippen LogP contribution >= 0.6 is 23.2 Å². The summed E-state index contributed by atoms with van der Waals surface area (Å²) in [5.41, 5.74) is -0.255. The summed E-state index contributed by atoms with van der Waals surface area (Å²) in [5.74, 6) is 0. The van der Waals surface area contributed by atoms with Crippen molar-refractivity contribution < 1.29 is 13.2 Å². The number of hydrogen-bond donors (Lipinski definition) is 1. The summed E-state index contributed by atoms with van der Waals surface area (Å²) >= 11 is 11.9. The summed E-state index contributed by atoms with van der Waals surface area (Å²) in [5, 5.41) is 1.44. The number of benzene rings is 1. The van der Waals surface area contributed by atoms with E-state index in [2.05, 4.69) is 4.98 Å². The minimum Gasteiger partial charge on any atom is -0.357 e. The number of H-pyrrole nitrogens is 1. The Bertz CT molecular complexity index is 690. The highest BCUT2D eigenvalue weighted by Gasteiger charge is 2.55. The number of nitrogens with one attached hydrogen (secondary N) is 1. The van der Waals surface area contributed by atoms with Gasteiger partial charge in [-0.2, -0.15) is 13.2 Å². The minimum absolute atomic E-state index is 0.0950. The maximum atomic E-state index is 13.4. The second-order valence-corrected chi connectivity index (χ2v) is 6.29. The van der Waals surface area contributed by atoms with Gasteiger partial charge >= 0.3 is 6.18 Å². The van der Waals surface area contributed by atoms with Crippen LogP contribution in [0.1, 0.15) is 31.0 Å². The molecule has 1 nitrogen and oxygen atoms in total. The van der Waals surface area contributed by atoms with E-state index in [4.69, 9.17) is 23.2 Å². The van der Waals surface area contributed by atoms with E-state index in [1.807, 2.05) is 0 Å². The number of alkyl halides is 3. The Morgan fingerprint density at radius 1 is 1.20 bits per heavy atom. The molecular weight excluding hydrogens is 310 g/mol. The molecule has 0 radical (unpaired) electrons. The Hall–Kier alpha value is -0.870. The molecule has 0 spiro atoms. The van der Waals surface area contributed by atoms with E-state index in [1.54, 1.807) is 12.1 Å². The molecule has 1 unspecified atom stereocenters. The van der Waals surface area contributed by atoms with E-state index in [-0.39, 0.29) is 12.1 Å². The zero-order chi connectivity index (χ0) is 14.7. The van der Waals surface area contributed by atoms with Gasteiger partial charge in [-0.25, -0.2) is 0 Å². The van der Waals surface area contributed by atoms with Crippen LogP contribution in [0, 0.1) is 0 Å². The number of rotatable bonds is 0. The standard InChI is InChI=1S/C14H12Cl2F3N/c1-13(14(17,18)19)4-2-3-7-8-5-9(15)10(16)6-11(8)20-12(7)13/h5-6,20H,2-4H2,1H3. The summed E-state index contributed by atoms with van der Waals surface area (Å²) in [6, 6.07) is 3.24. The van der Waals surface area contributed by atoms with Crippen molar-refractivity contribution in [2.75, 3.05) is 0 Å². The molecule has 6 heteroatoms. The summed E-state index contributed by atoms with van der Waals surface area (Å²) in [6.07, 6.45) is -3.05. The molecule has 0 aliphatic heterocycles. The SMILES string of the molecule is CC1(C(F)(F)F)CCCc2c1[nH]c1cc(Cl)c(Cl)cc21. The van der Waals surface area contributed by atoms with Gasteiger partial charge in [0.2, 0.25) is 0 Å². The molecule has 1 atom stereocenters. The van der Waals surface area contributed by atoms with Crippen LogP contribution in [0.3, 0.4) is 0 Å². The zero-order valence-electron chi connectivity index (χ0n) is 10.7. The molecule has 0 saturated carbocycles. The van der Waals surface area contributed by atoms with Crippen LogP contribution in [-0.4, -0.2) is 11.2 Å². The molecule has 3 rings (SSSR count). The molecule has 20 heavy (non-hydrogen) atoms. The van der Waals surface area contributed by atoms with Crippen molar-refractivity contribution in [3.63, 3.8) is 0 Å². The van der Waals surface area contributed by atoms with E-state index < -0.39 is 11.6 Å². The zero-order valence-corrected chi connectivity index (χ0v) is 12.2. The quantitative estimate of drug-likeness (QED) is 0.647. The summed E-state index contributed by atoms with van der Waals surface area (Å²) < 4.78 is 40.3. The van der Waals surface area contributed by atoms with Gasteiger partial charge in [0, 0.05) is 16.6 Å². The number of fused-ring (bicyclic) bond motifs is 3. The fraction of sp³-hybridized carbons (Fsp3) is 0.429. The molecule has 0 fully saturated rings. The van der Waals surface area contributed by atoms with Crippen molar-refractivity contribution in [3.8, 4) is 0 Å². The van der Waals surface area contributed by atoms with Crippen molar-refractivity contribution in [2.24, 2.45) is 0 Å².